The van der Waals surface area contributed by atoms with Crippen molar-refractivity contribution in [2.24, 2.45) is 5.73 Å². The number of hydrogen-bond acceptors (Lipinski definition) is 3. The summed E-state index contributed by atoms with van der Waals surface area (Å²) >= 11 is 3.35. The van der Waals surface area contributed by atoms with Crippen LogP contribution in [0.3, 0.4) is 0 Å². The van der Waals surface area contributed by atoms with Crippen LogP contribution in [0, 0.1) is 6.92 Å². The fraction of sp³-hybridized carbons (Fsp3) is 0.455. The lowest BCUT2D eigenvalue weighted by molar-refractivity contribution is 0.580. The first kappa shape index (κ1) is 14.6. The molecule has 1 aromatic carbocycles. The fourth-order valence-corrected chi connectivity index (χ4v) is 3.50. The van der Waals surface area contributed by atoms with Crippen molar-refractivity contribution in [3.05, 3.63) is 27.7 Å². The van der Waals surface area contributed by atoms with Crippen LogP contribution in [0.4, 0.5) is 0 Å². The summed E-state index contributed by atoms with van der Waals surface area (Å²) in [5.41, 5.74) is 7.04. The summed E-state index contributed by atoms with van der Waals surface area (Å²) in [5.74, 6) is 0. The molecule has 0 atom stereocenters. The highest BCUT2D eigenvalue weighted by Crippen LogP contribution is 2.25. The third kappa shape index (κ3) is 3.51. The maximum Gasteiger partial charge on any atom is 0.240 e. The van der Waals surface area contributed by atoms with E-state index in [-0.39, 0.29) is 0 Å². The molecule has 6 heteroatoms. The van der Waals surface area contributed by atoms with Crippen LogP contribution in [0.1, 0.15) is 24.5 Å². The van der Waals surface area contributed by atoms with Gasteiger partial charge in [0.2, 0.25) is 10.0 Å². The molecule has 0 amide bonds. The van der Waals surface area contributed by atoms with Gasteiger partial charge in [-0.15, -0.1) is 0 Å². The molecule has 0 spiro atoms. The predicted octanol–water partition coefficient (Wildman–Crippen LogP) is 1.90. The van der Waals surface area contributed by atoms with Crippen LogP contribution in [0.2, 0.25) is 0 Å². The second-order valence-electron chi connectivity index (χ2n) is 3.80. The van der Waals surface area contributed by atoms with Crippen molar-refractivity contribution in [1.29, 1.82) is 0 Å². The average molecular weight is 321 g/mol. The summed E-state index contributed by atoms with van der Waals surface area (Å²) in [6.07, 6.45) is 0.760. The first-order valence-electron chi connectivity index (χ1n) is 5.41. The third-order valence-electron chi connectivity index (χ3n) is 2.42. The Hall–Kier alpha value is -0.430. The standard InChI is InChI=1S/C11H17BrN2O2S/c1-3-4-14-17(15,16)11-6-9(7-13)5-10(12)8(11)2/h5-6,14H,3-4,7,13H2,1-2H3. The molecular formula is C11H17BrN2O2S. The van der Waals surface area contributed by atoms with Crippen molar-refractivity contribution in [3.8, 4) is 0 Å². The van der Waals surface area contributed by atoms with Crippen LogP contribution in [-0.2, 0) is 16.6 Å². The molecule has 3 N–H and O–H groups in total. The molecule has 1 rings (SSSR count). The van der Waals surface area contributed by atoms with Gasteiger partial charge in [-0.2, -0.15) is 0 Å². The Labute approximate surface area is 111 Å². The molecule has 0 saturated carbocycles. The summed E-state index contributed by atoms with van der Waals surface area (Å²) in [6.45, 7) is 4.44. The van der Waals surface area contributed by atoms with E-state index in [2.05, 4.69) is 20.7 Å². The number of benzene rings is 1. The largest absolute Gasteiger partial charge is 0.326 e. The molecule has 96 valence electrons. The lowest BCUT2D eigenvalue weighted by Crippen LogP contribution is -2.25. The van der Waals surface area contributed by atoms with E-state index in [0.717, 1.165) is 16.5 Å². The number of sulfonamides is 1. The van der Waals surface area contributed by atoms with Crippen LogP contribution in [0.15, 0.2) is 21.5 Å². The zero-order chi connectivity index (χ0) is 13.1. The second kappa shape index (κ2) is 5.95. The maximum atomic E-state index is 12.1. The normalized spacial score (nSPS) is 11.8. The van der Waals surface area contributed by atoms with Crippen LogP contribution in [0.25, 0.3) is 0 Å². The quantitative estimate of drug-likeness (QED) is 0.870. The van der Waals surface area contributed by atoms with E-state index >= 15 is 0 Å². The molecule has 0 bridgehead atoms. The van der Waals surface area contributed by atoms with Crippen molar-refractivity contribution in [2.75, 3.05) is 6.54 Å². The van der Waals surface area contributed by atoms with Crippen molar-refractivity contribution < 1.29 is 8.42 Å². The molecule has 1 aromatic rings. The van der Waals surface area contributed by atoms with Crippen molar-refractivity contribution in [3.63, 3.8) is 0 Å². The first-order valence-corrected chi connectivity index (χ1v) is 7.68. The third-order valence-corrected chi connectivity index (χ3v) is 4.83. The molecular weight excluding hydrogens is 304 g/mol. The highest BCUT2D eigenvalue weighted by Gasteiger charge is 2.18. The Morgan fingerprint density at radius 3 is 2.59 bits per heavy atom. The topological polar surface area (TPSA) is 72.2 Å². The van der Waals surface area contributed by atoms with Gasteiger partial charge < -0.3 is 5.73 Å². The van der Waals surface area contributed by atoms with Crippen molar-refractivity contribution in [2.45, 2.75) is 31.7 Å². The SMILES string of the molecule is CCCNS(=O)(=O)c1cc(CN)cc(Br)c1C. The van der Waals surface area contributed by atoms with Crippen LogP contribution in [-0.4, -0.2) is 15.0 Å². The fourth-order valence-electron chi connectivity index (χ4n) is 1.42. The Morgan fingerprint density at radius 1 is 1.41 bits per heavy atom. The molecule has 0 heterocycles. The van der Waals surface area contributed by atoms with Crippen LogP contribution < -0.4 is 10.5 Å². The maximum absolute atomic E-state index is 12.1. The molecule has 0 saturated heterocycles. The lowest BCUT2D eigenvalue weighted by atomic mass is 10.1. The Kier molecular flexibility index (Phi) is 5.12. The Morgan fingerprint density at radius 2 is 2.06 bits per heavy atom. The highest BCUT2D eigenvalue weighted by molar-refractivity contribution is 9.10. The Bertz CT molecular complexity index is 500. The summed E-state index contributed by atoms with van der Waals surface area (Å²) < 4.78 is 27.4. The summed E-state index contributed by atoms with van der Waals surface area (Å²) in [5, 5.41) is 0. The molecule has 0 unspecified atom stereocenters. The van der Waals surface area contributed by atoms with Crippen molar-refractivity contribution in [1.82, 2.24) is 4.72 Å². The highest BCUT2D eigenvalue weighted by atomic mass is 79.9. The average Bonchev–Trinajstić information content (AvgIpc) is 2.29. The number of rotatable bonds is 5. The number of nitrogens with two attached hydrogens (primary N) is 1. The van der Waals surface area contributed by atoms with Gasteiger partial charge in [-0.1, -0.05) is 22.9 Å². The van der Waals surface area contributed by atoms with E-state index in [1.807, 2.05) is 13.0 Å². The zero-order valence-corrected chi connectivity index (χ0v) is 12.4. The number of halogens is 1. The van der Waals surface area contributed by atoms with Gasteiger partial charge in [0, 0.05) is 17.6 Å². The van der Waals surface area contributed by atoms with E-state index in [9.17, 15) is 8.42 Å². The molecule has 0 fully saturated rings. The molecule has 0 aliphatic carbocycles. The van der Waals surface area contributed by atoms with Gasteiger partial charge in [0.05, 0.1) is 4.90 Å². The van der Waals surface area contributed by atoms with Gasteiger partial charge >= 0.3 is 0 Å². The van der Waals surface area contributed by atoms with E-state index in [1.165, 1.54) is 0 Å². The molecule has 0 aliphatic rings. The molecule has 17 heavy (non-hydrogen) atoms. The molecule has 0 aliphatic heterocycles. The summed E-state index contributed by atoms with van der Waals surface area (Å²) in [4.78, 5) is 0.292. The van der Waals surface area contributed by atoms with E-state index < -0.39 is 10.0 Å². The smallest absolute Gasteiger partial charge is 0.240 e. The zero-order valence-electron chi connectivity index (χ0n) is 9.96. The van der Waals surface area contributed by atoms with Gasteiger partial charge in [0.1, 0.15) is 0 Å². The van der Waals surface area contributed by atoms with Gasteiger partial charge in [-0.05, 0) is 36.6 Å². The van der Waals surface area contributed by atoms with E-state index in [1.54, 1.807) is 13.0 Å². The lowest BCUT2D eigenvalue weighted by Gasteiger charge is -2.12. The van der Waals surface area contributed by atoms with Crippen LogP contribution >= 0.6 is 15.9 Å². The molecule has 4 nitrogen and oxygen atoms in total. The van der Waals surface area contributed by atoms with Crippen molar-refractivity contribution >= 4 is 26.0 Å². The number of hydrogen-bond donors (Lipinski definition) is 2. The van der Waals surface area contributed by atoms with Gasteiger partial charge in [0.25, 0.3) is 0 Å². The van der Waals surface area contributed by atoms with Gasteiger partial charge in [0.15, 0.2) is 0 Å². The summed E-state index contributed by atoms with van der Waals surface area (Å²) in [7, 11) is -3.44. The second-order valence-corrected chi connectivity index (χ2v) is 6.39. The minimum absolute atomic E-state index is 0.292. The monoisotopic (exact) mass is 320 g/mol. The predicted molar refractivity (Wildman–Crippen MR) is 72.2 cm³/mol. The number of nitrogens with one attached hydrogen (secondary N) is 1. The van der Waals surface area contributed by atoms with E-state index in [0.29, 0.717) is 23.5 Å². The summed E-state index contributed by atoms with van der Waals surface area (Å²) in [6, 6.07) is 3.46. The van der Waals surface area contributed by atoms with Crippen LogP contribution in [0.5, 0.6) is 0 Å². The molecule has 0 radical (unpaired) electrons. The Balaban J connectivity index is 3.25. The minimum atomic E-state index is -3.44. The first-order chi connectivity index (χ1) is 7.92. The van der Waals surface area contributed by atoms with Gasteiger partial charge in [-0.3, -0.25) is 0 Å². The minimum Gasteiger partial charge on any atom is -0.326 e. The van der Waals surface area contributed by atoms with E-state index in [4.69, 9.17) is 5.73 Å². The molecule has 0 aromatic heterocycles. The van der Waals surface area contributed by atoms with Gasteiger partial charge in [-0.25, -0.2) is 13.1 Å².